The van der Waals surface area contributed by atoms with E-state index >= 15 is 0 Å². The largest absolute Gasteiger partial charge is 1.00 e. The zero-order valence-electron chi connectivity index (χ0n) is 11.7. The molecule has 0 aromatic heterocycles. The van der Waals surface area contributed by atoms with Crippen LogP contribution in [-0.2, 0) is 19.7 Å². The Morgan fingerprint density at radius 3 is 2.38 bits per heavy atom. The van der Waals surface area contributed by atoms with E-state index in [4.69, 9.17) is 16.2 Å². The van der Waals surface area contributed by atoms with Crippen LogP contribution in [0.15, 0.2) is 23.1 Å². The first-order valence-electron chi connectivity index (χ1n) is 5.13. The molecule has 0 saturated carbocycles. The fourth-order valence-corrected chi connectivity index (χ4v) is 2.48. The maximum Gasteiger partial charge on any atom is 1.00 e. The van der Waals surface area contributed by atoms with Crippen LogP contribution in [-0.4, -0.2) is 30.8 Å². The summed E-state index contributed by atoms with van der Waals surface area (Å²) in [4.78, 5) is 34.3. The van der Waals surface area contributed by atoms with Crippen LogP contribution in [0.4, 0.5) is 10.5 Å². The fourth-order valence-electron chi connectivity index (χ4n) is 1.64. The summed E-state index contributed by atoms with van der Waals surface area (Å²) in [6, 6.07) is 1.99. The van der Waals surface area contributed by atoms with Crippen LogP contribution in [0.5, 0.6) is 0 Å². The van der Waals surface area contributed by atoms with Gasteiger partial charge in [-0.25, -0.2) is 9.69 Å². The molecule has 1 fully saturated rings. The Bertz CT molecular complexity index is 721. The van der Waals surface area contributed by atoms with Crippen LogP contribution in [0.25, 0.3) is 0 Å². The minimum Gasteiger partial charge on any atom is -1.00 e. The van der Waals surface area contributed by atoms with Gasteiger partial charge < -0.3 is 1.43 Å². The van der Waals surface area contributed by atoms with Gasteiger partial charge in [-0.2, -0.15) is 8.42 Å². The molecule has 0 atom stereocenters. The molecule has 0 radical (unpaired) electrons. The zero-order valence-corrected chi connectivity index (χ0v) is 14.2. The van der Waals surface area contributed by atoms with Crippen molar-refractivity contribution in [3.63, 3.8) is 0 Å². The van der Waals surface area contributed by atoms with Crippen LogP contribution in [0, 0.1) is 0 Å². The van der Waals surface area contributed by atoms with Gasteiger partial charge in [0.05, 0.1) is 10.6 Å². The molecule has 0 unspecified atom stereocenters. The Morgan fingerprint density at radius 1 is 1.24 bits per heavy atom. The van der Waals surface area contributed by atoms with E-state index in [1.807, 2.05) is 5.32 Å². The predicted molar refractivity (Wildman–Crippen MR) is 68.0 cm³/mol. The molecule has 108 valence electrons. The summed E-state index contributed by atoms with van der Waals surface area (Å²) in [5.41, 5.74) is -0.167. The van der Waals surface area contributed by atoms with Crippen LogP contribution in [0.2, 0.25) is 5.02 Å². The number of nitrogens with one attached hydrogen (secondary N) is 1. The SMILES string of the molecule is O=C1CC(=O)N(c2cc(Cl)cc(S(=O)(=O)O)c2)C(=O)N1.[H-].[Na+]. The molecule has 0 bridgehead atoms. The summed E-state index contributed by atoms with van der Waals surface area (Å²) in [7, 11) is -4.55. The van der Waals surface area contributed by atoms with Crippen molar-refractivity contribution in [1.29, 1.82) is 0 Å². The number of benzene rings is 1. The standard InChI is InChI=1S/C10H7ClN2O6S.Na.H/c11-5-1-6(3-7(2-5)20(17,18)19)13-9(15)4-8(14)12-10(13)16;;/h1-3H,4H2,(H,12,14,16)(H,17,18,19);;/q;+1;-1. The zero-order chi connectivity index (χ0) is 15.1. The number of nitrogens with zero attached hydrogens (tertiary/aromatic N) is 1. The molecule has 1 heterocycles. The minimum absolute atomic E-state index is 0. The molecule has 4 amide bonds. The number of barbiturate groups is 1. The summed E-state index contributed by atoms with van der Waals surface area (Å²) < 4.78 is 31.1. The number of hydrogen-bond donors (Lipinski definition) is 2. The Hall–Kier alpha value is -0.970. The molecular formula is C10H8ClN2NaO6S. The number of hydrogen-bond acceptors (Lipinski definition) is 5. The predicted octanol–water partition coefficient (Wildman–Crippen LogP) is -2.32. The van der Waals surface area contributed by atoms with Gasteiger partial charge in [-0.3, -0.25) is 19.5 Å². The van der Waals surface area contributed by atoms with E-state index in [-0.39, 0.29) is 41.7 Å². The van der Waals surface area contributed by atoms with Gasteiger partial charge in [-0.1, -0.05) is 11.6 Å². The van der Waals surface area contributed by atoms with Crippen molar-refractivity contribution in [2.24, 2.45) is 0 Å². The summed E-state index contributed by atoms with van der Waals surface area (Å²) in [5, 5.41) is 1.80. The molecule has 2 rings (SSSR count). The first-order valence-corrected chi connectivity index (χ1v) is 6.95. The first-order chi connectivity index (χ1) is 9.18. The van der Waals surface area contributed by atoms with Gasteiger partial charge in [-0.05, 0) is 18.2 Å². The molecule has 11 heteroatoms. The van der Waals surface area contributed by atoms with Crippen molar-refractivity contribution in [3.8, 4) is 0 Å². The van der Waals surface area contributed by atoms with Crippen molar-refractivity contribution in [1.82, 2.24) is 5.32 Å². The number of anilines is 1. The van der Waals surface area contributed by atoms with E-state index in [9.17, 15) is 22.8 Å². The number of carbonyl (C=O) groups excluding carboxylic acids is 3. The van der Waals surface area contributed by atoms with Crippen molar-refractivity contribution in [2.75, 3.05) is 4.90 Å². The average Bonchev–Trinajstić information content (AvgIpc) is 2.25. The van der Waals surface area contributed by atoms with Crippen molar-refractivity contribution in [3.05, 3.63) is 23.2 Å². The van der Waals surface area contributed by atoms with Gasteiger partial charge in [-0.15, -0.1) is 0 Å². The molecular weight excluding hydrogens is 335 g/mol. The van der Waals surface area contributed by atoms with Crippen molar-refractivity contribution < 1.29 is 58.3 Å². The van der Waals surface area contributed by atoms with Gasteiger partial charge in [0.15, 0.2) is 0 Å². The van der Waals surface area contributed by atoms with E-state index in [0.717, 1.165) is 18.2 Å². The Labute approximate surface area is 148 Å². The van der Waals surface area contributed by atoms with E-state index in [2.05, 4.69) is 0 Å². The normalized spacial score (nSPS) is 15.5. The quantitative estimate of drug-likeness (QED) is 0.353. The van der Waals surface area contributed by atoms with E-state index in [0.29, 0.717) is 4.90 Å². The number of imide groups is 2. The minimum atomic E-state index is -4.55. The Kier molecular flexibility index (Phi) is 5.53. The molecule has 8 nitrogen and oxygen atoms in total. The molecule has 1 saturated heterocycles. The second-order valence-electron chi connectivity index (χ2n) is 3.88. The molecule has 1 aliphatic heterocycles. The summed E-state index contributed by atoms with van der Waals surface area (Å²) in [6.07, 6.45) is -0.556. The monoisotopic (exact) mass is 342 g/mol. The molecule has 0 spiro atoms. The first kappa shape index (κ1) is 18.1. The van der Waals surface area contributed by atoms with Gasteiger partial charge in [0.2, 0.25) is 11.8 Å². The van der Waals surface area contributed by atoms with Gasteiger partial charge in [0.1, 0.15) is 6.42 Å². The summed E-state index contributed by atoms with van der Waals surface area (Å²) in [6.45, 7) is 0. The number of halogens is 1. The molecule has 2 N–H and O–H groups in total. The van der Waals surface area contributed by atoms with Gasteiger partial charge in [0.25, 0.3) is 10.1 Å². The third-order valence-corrected chi connectivity index (χ3v) is 3.47. The fraction of sp³-hybridized carbons (Fsp3) is 0.100. The van der Waals surface area contributed by atoms with Gasteiger partial charge in [0, 0.05) is 5.02 Å². The van der Waals surface area contributed by atoms with Gasteiger partial charge >= 0.3 is 35.6 Å². The second-order valence-corrected chi connectivity index (χ2v) is 5.74. The van der Waals surface area contributed by atoms with E-state index in [1.54, 1.807) is 0 Å². The van der Waals surface area contributed by atoms with Crippen molar-refractivity contribution in [2.45, 2.75) is 11.3 Å². The van der Waals surface area contributed by atoms with Crippen LogP contribution in [0.3, 0.4) is 0 Å². The number of rotatable bonds is 2. The van der Waals surface area contributed by atoms with Crippen LogP contribution in [0.1, 0.15) is 7.85 Å². The van der Waals surface area contributed by atoms with Crippen LogP contribution < -0.4 is 39.8 Å². The van der Waals surface area contributed by atoms with Crippen LogP contribution >= 0.6 is 11.6 Å². The summed E-state index contributed by atoms with van der Waals surface area (Å²) in [5.74, 6) is -1.59. The maximum atomic E-state index is 11.7. The van der Waals surface area contributed by atoms with E-state index < -0.39 is 39.3 Å². The second kappa shape index (κ2) is 6.42. The topological polar surface area (TPSA) is 121 Å². The molecule has 0 aliphatic carbocycles. The van der Waals surface area contributed by atoms with Crippen molar-refractivity contribution >= 4 is 45.3 Å². The number of amides is 4. The number of urea groups is 1. The Balaban J connectivity index is 0.00000220. The van der Waals surface area contributed by atoms with E-state index in [1.165, 1.54) is 0 Å². The Morgan fingerprint density at radius 2 is 1.86 bits per heavy atom. The molecule has 1 aromatic carbocycles. The third kappa shape index (κ3) is 4.02. The third-order valence-electron chi connectivity index (χ3n) is 2.42. The summed E-state index contributed by atoms with van der Waals surface area (Å²) >= 11 is 5.69. The molecule has 21 heavy (non-hydrogen) atoms. The molecule has 1 aliphatic rings. The smallest absolute Gasteiger partial charge is 1.00 e. The molecule has 1 aromatic rings. The number of carbonyl (C=O) groups is 3. The average molecular weight is 343 g/mol. The maximum absolute atomic E-state index is 11.7.